The second kappa shape index (κ2) is 14.9. The van der Waals surface area contributed by atoms with E-state index in [1.54, 1.807) is 32.6 Å². The molecule has 15 heteroatoms. The van der Waals surface area contributed by atoms with Crippen molar-refractivity contribution in [3.63, 3.8) is 0 Å². The Morgan fingerprint density at radius 1 is 1.02 bits per heavy atom. The minimum atomic E-state index is -2.68. The summed E-state index contributed by atoms with van der Waals surface area (Å²) in [5.41, 5.74) is 1.78. The summed E-state index contributed by atoms with van der Waals surface area (Å²) < 4.78 is 33.1. The third kappa shape index (κ3) is 8.90. The number of para-hydroxylation sites is 1. The fourth-order valence-corrected chi connectivity index (χ4v) is 7.21. The van der Waals surface area contributed by atoms with Crippen LogP contribution in [0.1, 0.15) is 51.9 Å². The maximum absolute atomic E-state index is 13.1. The number of nitrogens with zero attached hydrogens (tertiary/aromatic N) is 5. The standard InChI is InChI=1S/C34H44N6O8S/c1-5-38(32(42)43)19-27-36-28-29(40(27)18-12-11-17-39(24-21-49(45,46)22-24)33(44)48-34(2,3)4)25-15-9-10-16-26(25)35-30(28)37-31(41)47-20-23-13-7-6-8-14-23/h6-10,13-16,24,45-46H,5,11-12,17-22H2,1-4H3,(H,42,43)(H,35,37,41). The van der Waals surface area contributed by atoms with Crippen molar-refractivity contribution in [2.75, 3.05) is 29.9 Å². The van der Waals surface area contributed by atoms with Crippen LogP contribution in [0.15, 0.2) is 54.6 Å². The number of carboxylic acid groups (broad SMARTS) is 1. The number of amides is 3. The van der Waals surface area contributed by atoms with Gasteiger partial charge in [0, 0.05) is 25.0 Å². The first-order chi connectivity index (χ1) is 23.2. The van der Waals surface area contributed by atoms with Gasteiger partial charge in [0.05, 0.1) is 35.1 Å². The van der Waals surface area contributed by atoms with E-state index >= 15 is 0 Å². The molecule has 0 atom stereocenters. The summed E-state index contributed by atoms with van der Waals surface area (Å²) in [6, 6.07) is 16.4. The van der Waals surface area contributed by atoms with Gasteiger partial charge in [-0.3, -0.25) is 14.4 Å². The van der Waals surface area contributed by atoms with E-state index < -0.39 is 34.5 Å². The Labute approximate surface area is 286 Å². The lowest BCUT2D eigenvalue weighted by molar-refractivity contribution is 0.0177. The first kappa shape index (κ1) is 35.7. The molecule has 3 heterocycles. The minimum Gasteiger partial charge on any atom is -0.465 e. The van der Waals surface area contributed by atoms with E-state index in [0.29, 0.717) is 48.3 Å². The molecule has 1 aliphatic heterocycles. The van der Waals surface area contributed by atoms with Gasteiger partial charge in [0.15, 0.2) is 5.82 Å². The lowest BCUT2D eigenvalue weighted by atomic mass is 10.1. The highest BCUT2D eigenvalue weighted by atomic mass is 32.3. The molecule has 0 aliphatic carbocycles. The quantitative estimate of drug-likeness (QED) is 0.113. The normalized spacial score (nSPS) is 15.0. The molecule has 1 saturated heterocycles. The molecule has 0 bridgehead atoms. The number of hydrogen-bond acceptors (Lipinski definition) is 9. The van der Waals surface area contributed by atoms with E-state index in [-0.39, 0.29) is 43.1 Å². The fraction of sp³-hybridized carbons (Fsp3) is 0.441. The average Bonchev–Trinajstić information content (AvgIpc) is 3.39. The molecule has 264 valence electrons. The van der Waals surface area contributed by atoms with Crippen molar-refractivity contribution in [3.05, 3.63) is 66.0 Å². The number of nitrogens with one attached hydrogen (secondary N) is 1. The highest BCUT2D eigenvalue weighted by molar-refractivity contribution is 8.25. The number of carbonyl (C=O) groups excluding carboxylic acids is 2. The van der Waals surface area contributed by atoms with Gasteiger partial charge in [-0.2, -0.15) is 10.6 Å². The third-order valence-corrected chi connectivity index (χ3v) is 9.94. The summed E-state index contributed by atoms with van der Waals surface area (Å²) in [6.07, 6.45) is -1.19. The van der Waals surface area contributed by atoms with Crippen LogP contribution >= 0.6 is 10.6 Å². The minimum absolute atomic E-state index is 0.00327. The number of unbranched alkanes of at least 4 members (excludes halogenated alkanes) is 1. The molecule has 4 aromatic rings. The molecule has 3 amide bonds. The number of fused-ring (bicyclic) bond motifs is 3. The zero-order valence-corrected chi connectivity index (χ0v) is 29.0. The van der Waals surface area contributed by atoms with Crippen LogP contribution in [0.5, 0.6) is 0 Å². The molecule has 1 fully saturated rings. The smallest absolute Gasteiger partial charge is 0.413 e. The van der Waals surface area contributed by atoms with Gasteiger partial charge in [0.25, 0.3) is 0 Å². The van der Waals surface area contributed by atoms with E-state index in [0.717, 1.165) is 10.9 Å². The third-order valence-electron chi connectivity index (χ3n) is 8.10. The predicted molar refractivity (Wildman–Crippen MR) is 188 cm³/mol. The van der Waals surface area contributed by atoms with Gasteiger partial charge in [0.1, 0.15) is 23.5 Å². The molecule has 4 N–H and O–H groups in total. The highest BCUT2D eigenvalue weighted by Crippen LogP contribution is 2.50. The number of aryl methyl sites for hydroxylation is 1. The number of anilines is 1. The van der Waals surface area contributed by atoms with E-state index in [2.05, 4.69) is 10.3 Å². The van der Waals surface area contributed by atoms with Crippen LogP contribution in [0.3, 0.4) is 0 Å². The number of aromatic nitrogens is 3. The topological polar surface area (TPSA) is 180 Å². The Morgan fingerprint density at radius 3 is 2.37 bits per heavy atom. The van der Waals surface area contributed by atoms with E-state index in [1.165, 1.54) is 4.90 Å². The molecule has 49 heavy (non-hydrogen) atoms. The van der Waals surface area contributed by atoms with Crippen LogP contribution in [0, 0.1) is 0 Å². The number of ether oxygens (including phenoxy) is 2. The summed E-state index contributed by atoms with van der Waals surface area (Å²) in [4.78, 5) is 50.4. The van der Waals surface area contributed by atoms with Crippen molar-refractivity contribution >= 4 is 56.6 Å². The van der Waals surface area contributed by atoms with Crippen LogP contribution in [0.2, 0.25) is 0 Å². The zero-order chi connectivity index (χ0) is 35.3. The van der Waals surface area contributed by atoms with E-state index in [4.69, 9.17) is 14.5 Å². The van der Waals surface area contributed by atoms with Crippen LogP contribution in [0.25, 0.3) is 21.9 Å². The van der Waals surface area contributed by atoms with Gasteiger partial charge in [-0.05, 0) is 52.2 Å². The van der Waals surface area contributed by atoms with Gasteiger partial charge < -0.3 is 28.9 Å². The van der Waals surface area contributed by atoms with Crippen molar-refractivity contribution in [1.29, 1.82) is 0 Å². The number of hydrogen-bond donors (Lipinski definition) is 4. The number of rotatable bonds is 12. The molecular formula is C34H44N6O8S. The van der Waals surface area contributed by atoms with Crippen molar-refractivity contribution < 1.29 is 38.1 Å². The summed E-state index contributed by atoms with van der Waals surface area (Å²) in [5, 5.41) is 13.4. The number of imidazole rings is 1. The molecule has 14 nitrogen and oxygen atoms in total. The van der Waals surface area contributed by atoms with Crippen molar-refractivity contribution in [1.82, 2.24) is 24.3 Å². The van der Waals surface area contributed by atoms with Crippen molar-refractivity contribution in [3.8, 4) is 0 Å². The highest BCUT2D eigenvalue weighted by Gasteiger charge is 2.41. The summed E-state index contributed by atoms with van der Waals surface area (Å²) in [7, 11) is -2.68. The SMILES string of the molecule is CCN(Cc1nc2c(NC(=O)OCc3ccccc3)nc3ccccc3c2n1CCCCN(C(=O)OC(C)(C)C)C1CS(O)(O)C1)C(=O)O. The van der Waals surface area contributed by atoms with Gasteiger partial charge in [-0.25, -0.2) is 24.4 Å². The monoisotopic (exact) mass is 696 g/mol. The molecular weight excluding hydrogens is 652 g/mol. The van der Waals surface area contributed by atoms with Crippen LogP contribution in [0.4, 0.5) is 20.2 Å². The molecule has 0 unspecified atom stereocenters. The van der Waals surface area contributed by atoms with Crippen LogP contribution < -0.4 is 5.32 Å². The van der Waals surface area contributed by atoms with Crippen molar-refractivity contribution in [2.24, 2.45) is 0 Å². The Balaban J connectivity index is 1.43. The Morgan fingerprint density at radius 2 is 1.71 bits per heavy atom. The summed E-state index contributed by atoms with van der Waals surface area (Å²) >= 11 is 0. The largest absolute Gasteiger partial charge is 0.465 e. The second-order valence-electron chi connectivity index (χ2n) is 13.0. The lowest BCUT2D eigenvalue weighted by Gasteiger charge is -2.51. The molecule has 0 saturated carbocycles. The molecule has 1 aliphatic rings. The molecule has 2 aromatic heterocycles. The zero-order valence-electron chi connectivity index (χ0n) is 28.2. The maximum atomic E-state index is 13.1. The second-order valence-corrected chi connectivity index (χ2v) is 15.3. The lowest BCUT2D eigenvalue weighted by Crippen LogP contribution is -2.54. The van der Waals surface area contributed by atoms with E-state index in [9.17, 15) is 28.6 Å². The first-order valence-electron chi connectivity index (χ1n) is 16.2. The fourth-order valence-electron chi connectivity index (χ4n) is 5.72. The Bertz CT molecular complexity index is 1800. The Hall–Kier alpha value is -4.60. The van der Waals surface area contributed by atoms with E-state index in [1.807, 2.05) is 59.2 Å². The number of pyridine rings is 1. The van der Waals surface area contributed by atoms with Gasteiger partial charge in [-0.1, -0.05) is 48.5 Å². The predicted octanol–water partition coefficient (Wildman–Crippen LogP) is 6.98. The van der Waals surface area contributed by atoms with Gasteiger partial charge >= 0.3 is 18.3 Å². The van der Waals surface area contributed by atoms with Crippen molar-refractivity contribution in [2.45, 2.75) is 71.9 Å². The summed E-state index contributed by atoms with van der Waals surface area (Å²) in [5.74, 6) is 0.889. The molecule has 5 rings (SSSR count). The molecule has 0 spiro atoms. The molecule has 0 radical (unpaired) electrons. The van der Waals surface area contributed by atoms with Gasteiger partial charge in [0.2, 0.25) is 0 Å². The van der Waals surface area contributed by atoms with Crippen LogP contribution in [-0.4, -0.2) is 93.1 Å². The Kier molecular flexibility index (Phi) is 10.8. The summed E-state index contributed by atoms with van der Waals surface area (Å²) in [6.45, 7) is 8.13. The van der Waals surface area contributed by atoms with Gasteiger partial charge in [-0.15, -0.1) is 0 Å². The number of benzene rings is 2. The number of carbonyl (C=O) groups is 3. The average molecular weight is 697 g/mol. The maximum Gasteiger partial charge on any atom is 0.413 e. The first-order valence-corrected chi connectivity index (χ1v) is 18.1. The molecule has 2 aromatic carbocycles. The van der Waals surface area contributed by atoms with Crippen LogP contribution in [-0.2, 0) is 29.2 Å².